The largest absolute Gasteiger partial charge is 0.457 e. The summed E-state index contributed by atoms with van der Waals surface area (Å²) >= 11 is 0. The van der Waals surface area contributed by atoms with E-state index in [1.54, 1.807) is 0 Å². The van der Waals surface area contributed by atoms with Gasteiger partial charge in [-0.2, -0.15) is 0 Å². The Kier molecular flexibility index (Phi) is 48.6. The summed E-state index contributed by atoms with van der Waals surface area (Å²) in [6.07, 6.45) is 67.3. The lowest BCUT2D eigenvalue weighted by molar-refractivity contribution is -0.154. The predicted octanol–water partition coefficient (Wildman–Crippen LogP) is 16.8. The minimum Gasteiger partial charge on any atom is -0.457 e. The average molecular weight is 797 g/mol. The van der Waals surface area contributed by atoms with Gasteiger partial charge in [0.1, 0.15) is 6.10 Å². The summed E-state index contributed by atoms with van der Waals surface area (Å²) in [6, 6.07) is 0. The summed E-state index contributed by atoms with van der Waals surface area (Å²) in [7, 11) is 0. The quantitative estimate of drug-likeness (QED) is 0.0379. The van der Waals surface area contributed by atoms with Gasteiger partial charge in [0, 0.05) is 13.0 Å². The van der Waals surface area contributed by atoms with Crippen molar-refractivity contribution in [3.05, 3.63) is 60.8 Å². The molecule has 1 unspecified atom stereocenters. The van der Waals surface area contributed by atoms with Crippen LogP contribution < -0.4 is 0 Å². The number of unbranched alkanes of at least 4 members (excludes halogenated alkanes) is 28. The van der Waals surface area contributed by atoms with Gasteiger partial charge < -0.3 is 14.6 Å². The van der Waals surface area contributed by atoms with Crippen molar-refractivity contribution in [2.45, 2.75) is 251 Å². The number of hydrogen-bond donors (Lipinski definition) is 1. The molecule has 0 saturated carbocycles. The van der Waals surface area contributed by atoms with Crippen molar-refractivity contribution in [3.8, 4) is 0 Å². The van der Waals surface area contributed by atoms with E-state index in [9.17, 15) is 9.90 Å². The van der Waals surface area contributed by atoms with E-state index in [4.69, 9.17) is 9.47 Å². The molecule has 332 valence electrons. The van der Waals surface area contributed by atoms with E-state index >= 15 is 0 Å². The van der Waals surface area contributed by atoms with E-state index in [0.717, 1.165) is 38.5 Å². The van der Waals surface area contributed by atoms with Gasteiger partial charge in [0.2, 0.25) is 0 Å². The topological polar surface area (TPSA) is 55.8 Å². The monoisotopic (exact) mass is 797 g/mol. The van der Waals surface area contributed by atoms with Crippen LogP contribution in [0.5, 0.6) is 0 Å². The third kappa shape index (κ3) is 48.4. The smallest absolute Gasteiger partial charge is 0.306 e. The highest BCUT2D eigenvalue weighted by Gasteiger charge is 2.13. The van der Waals surface area contributed by atoms with Crippen LogP contribution in [0.25, 0.3) is 0 Å². The number of aliphatic hydroxyl groups excluding tert-OH is 1. The fourth-order valence-corrected chi connectivity index (χ4v) is 7.07. The molecule has 0 saturated heterocycles. The summed E-state index contributed by atoms with van der Waals surface area (Å²) in [5.41, 5.74) is 0. The number of hydrogen-bond acceptors (Lipinski definition) is 4. The summed E-state index contributed by atoms with van der Waals surface area (Å²) in [6.45, 7) is 5.32. The Morgan fingerprint density at radius 2 is 0.737 bits per heavy atom. The molecule has 57 heavy (non-hydrogen) atoms. The van der Waals surface area contributed by atoms with Gasteiger partial charge in [-0.1, -0.05) is 216 Å². The maximum Gasteiger partial charge on any atom is 0.306 e. The summed E-state index contributed by atoms with van der Waals surface area (Å²) < 4.78 is 11.2. The van der Waals surface area contributed by atoms with Crippen molar-refractivity contribution in [1.29, 1.82) is 0 Å². The third-order valence-corrected chi connectivity index (χ3v) is 10.8. The summed E-state index contributed by atoms with van der Waals surface area (Å²) in [5.74, 6) is -0.205. The van der Waals surface area contributed by atoms with E-state index < -0.39 is 6.10 Å². The molecule has 0 radical (unpaired) electrons. The number of ether oxygens (including phenoxy) is 2. The van der Waals surface area contributed by atoms with Gasteiger partial charge in [-0.15, -0.1) is 0 Å². The number of aliphatic hydroxyl groups is 1. The molecule has 0 bridgehead atoms. The van der Waals surface area contributed by atoms with E-state index in [2.05, 4.69) is 74.6 Å². The van der Waals surface area contributed by atoms with E-state index in [1.165, 1.54) is 186 Å². The maximum absolute atomic E-state index is 12.3. The van der Waals surface area contributed by atoms with Crippen LogP contribution >= 0.6 is 0 Å². The molecule has 0 amide bonds. The van der Waals surface area contributed by atoms with E-state index in [0.29, 0.717) is 19.6 Å². The van der Waals surface area contributed by atoms with Crippen LogP contribution in [0, 0.1) is 0 Å². The lowest BCUT2D eigenvalue weighted by Gasteiger charge is -2.16. The summed E-state index contributed by atoms with van der Waals surface area (Å²) in [5, 5.41) is 9.64. The molecule has 0 rings (SSSR count). The SMILES string of the molecule is CCCCC/C=C\C/C=C\CCCCCCCCCCCCOCC(CO)OC(=O)CCCCCCCCCCCC/C=C\C/C=C\C/C=C\CCCCCCC. The van der Waals surface area contributed by atoms with Crippen molar-refractivity contribution in [1.82, 2.24) is 0 Å². The molecule has 4 nitrogen and oxygen atoms in total. The van der Waals surface area contributed by atoms with Crippen molar-refractivity contribution in [3.63, 3.8) is 0 Å². The average Bonchev–Trinajstić information content (AvgIpc) is 3.22. The van der Waals surface area contributed by atoms with Crippen LogP contribution in [0.3, 0.4) is 0 Å². The van der Waals surface area contributed by atoms with E-state index in [-0.39, 0.29) is 12.6 Å². The number of esters is 1. The fourth-order valence-electron chi connectivity index (χ4n) is 7.07. The molecular weight excluding hydrogens is 701 g/mol. The number of carbonyl (C=O) groups excluding carboxylic acids is 1. The second-order valence-corrected chi connectivity index (χ2v) is 16.5. The van der Waals surface area contributed by atoms with Gasteiger partial charge in [0.05, 0.1) is 13.2 Å². The maximum atomic E-state index is 12.3. The normalized spacial score (nSPS) is 12.8. The molecule has 0 spiro atoms. The minimum atomic E-state index is -0.541. The molecule has 0 aliphatic rings. The van der Waals surface area contributed by atoms with Gasteiger partial charge in [-0.25, -0.2) is 0 Å². The first-order chi connectivity index (χ1) is 28.2. The molecular formula is C53H96O4. The zero-order chi connectivity index (χ0) is 41.2. The minimum absolute atomic E-state index is 0.175. The van der Waals surface area contributed by atoms with Crippen molar-refractivity contribution < 1.29 is 19.4 Å². The first-order valence-corrected chi connectivity index (χ1v) is 24.9. The van der Waals surface area contributed by atoms with E-state index in [1.807, 2.05) is 0 Å². The molecule has 0 heterocycles. The number of rotatable bonds is 46. The highest BCUT2D eigenvalue weighted by atomic mass is 16.6. The van der Waals surface area contributed by atoms with Crippen LogP contribution in [0.2, 0.25) is 0 Å². The molecule has 0 aliphatic carbocycles. The van der Waals surface area contributed by atoms with Crippen LogP contribution in [-0.4, -0.2) is 37.0 Å². The van der Waals surface area contributed by atoms with Gasteiger partial charge >= 0.3 is 5.97 Å². The standard InChI is InChI=1S/C53H96O4/c1-3-5-7-9-11-13-15-17-19-21-23-25-26-27-28-29-30-32-34-36-38-40-42-44-46-48-53(55)57-52(50-54)51-56-49-47-45-43-41-39-37-35-33-31-24-22-20-18-16-14-12-10-8-6-4-2/h12,14-15,17-18,20-21,23,26-27,52,54H,3-11,13,16,19,22,24-25,28-51H2,1-2H3/b14-12-,17-15-,20-18-,23-21-,27-26-. The molecule has 0 fully saturated rings. The van der Waals surface area contributed by atoms with Gasteiger partial charge in [-0.3, -0.25) is 4.79 Å². The van der Waals surface area contributed by atoms with Crippen molar-refractivity contribution >= 4 is 5.97 Å². The number of carbonyl (C=O) groups is 1. The van der Waals surface area contributed by atoms with Crippen LogP contribution in [0.4, 0.5) is 0 Å². The molecule has 0 aliphatic heterocycles. The molecule has 1 atom stereocenters. The molecule has 0 aromatic carbocycles. The predicted molar refractivity (Wildman–Crippen MR) is 251 cm³/mol. The van der Waals surface area contributed by atoms with Crippen molar-refractivity contribution in [2.75, 3.05) is 19.8 Å². The zero-order valence-electron chi connectivity index (χ0n) is 38.1. The van der Waals surface area contributed by atoms with Crippen LogP contribution in [0.1, 0.15) is 245 Å². The Morgan fingerprint density at radius 1 is 0.421 bits per heavy atom. The molecule has 0 aromatic heterocycles. The Labute approximate surface area is 355 Å². The fraction of sp³-hybridized carbons (Fsp3) is 0.792. The zero-order valence-corrected chi connectivity index (χ0v) is 38.1. The summed E-state index contributed by atoms with van der Waals surface area (Å²) in [4.78, 5) is 12.3. The van der Waals surface area contributed by atoms with Gasteiger partial charge in [0.15, 0.2) is 0 Å². The Hall–Kier alpha value is -1.91. The second-order valence-electron chi connectivity index (χ2n) is 16.5. The Morgan fingerprint density at radius 3 is 1.14 bits per heavy atom. The molecule has 4 heteroatoms. The molecule has 0 aromatic rings. The first kappa shape index (κ1) is 55.1. The van der Waals surface area contributed by atoms with Gasteiger partial charge in [-0.05, 0) is 83.5 Å². The van der Waals surface area contributed by atoms with Crippen molar-refractivity contribution in [2.24, 2.45) is 0 Å². The Bertz CT molecular complexity index is 931. The highest BCUT2D eigenvalue weighted by Crippen LogP contribution is 2.14. The lowest BCUT2D eigenvalue weighted by atomic mass is 10.0. The van der Waals surface area contributed by atoms with Crippen LogP contribution in [-0.2, 0) is 14.3 Å². The lowest BCUT2D eigenvalue weighted by Crippen LogP contribution is -2.27. The second kappa shape index (κ2) is 50.2. The van der Waals surface area contributed by atoms with Crippen LogP contribution in [0.15, 0.2) is 60.8 Å². The first-order valence-electron chi connectivity index (χ1n) is 24.9. The Balaban J connectivity index is 3.44. The third-order valence-electron chi connectivity index (χ3n) is 10.8. The van der Waals surface area contributed by atoms with Gasteiger partial charge in [0.25, 0.3) is 0 Å². The number of allylic oxidation sites excluding steroid dienone is 10. The highest BCUT2D eigenvalue weighted by molar-refractivity contribution is 5.69. The molecule has 1 N–H and O–H groups in total.